The molecule has 0 spiro atoms. The number of rotatable bonds is 5. The molecule has 0 bridgehead atoms. The van der Waals surface area contributed by atoms with Gasteiger partial charge in [0.05, 0.1) is 18.4 Å². The van der Waals surface area contributed by atoms with E-state index in [9.17, 15) is 8.42 Å². The summed E-state index contributed by atoms with van der Waals surface area (Å²) in [6, 6.07) is 0. The van der Waals surface area contributed by atoms with E-state index in [4.69, 9.17) is 0 Å². The van der Waals surface area contributed by atoms with Crippen molar-refractivity contribution in [2.75, 3.05) is 24.7 Å². The number of anilines is 1. The van der Waals surface area contributed by atoms with Crippen LogP contribution in [-0.2, 0) is 16.4 Å². The number of nitrogens with one attached hydrogen (secondary N) is 3. The lowest BCUT2D eigenvalue weighted by Gasteiger charge is -2.24. The molecule has 3 N–H and O–H groups in total. The zero-order valence-electron chi connectivity index (χ0n) is 12.9. The number of piperidine rings is 1. The highest BCUT2D eigenvalue weighted by Crippen LogP contribution is 2.27. The zero-order chi connectivity index (χ0) is 16.3. The number of aromatic nitrogens is 4. The van der Waals surface area contributed by atoms with Gasteiger partial charge in [0, 0.05) is 31.1 Å². The van der Waals surface area contributed by atoms with E-state index in [0.717, 1.165) is 31.8 Å². The first-order valence-corrected chi connectivity index (χ1v) is 9.43. The molecule has 0 aromatic carbocycles. The van der Waals surface area contributed by atoms with Crippen LogP contribution in [0.4, 0.5) is 5.95 Å². The molecule has 0 amide bonds. The van der Waals surface area contributed by atoms with E-state index in [-0.39, 0.29) is 10.8 Å². The van der Waals surface area contributed by atoms with Gasteiger partial charge in [0.2, 0.25) is 5.95 Å². The van der Waals surface area contributed by atoms with Crippen LogP contribution in [0.2, 0.25) is 0 Å². The van der Waals surface area contributed by atoms with E-state index in [1.165, 1.54) is 12.5 Å². The normalized spacial score (nSPS) is 18.7. The molecule has 3 rings (SSSR count). The number of H-pyrrole nitrogens is 1. The topological polar surface area (TPSA) is 113 Å². The van der Waals surface area contributed by atoms with Crippen LogP contribution < -0.4 is 10.6 Å². The number of nitrogens with zero attached hydrogens (tertiary/aromatic N) is 3. The molecule has 8 nitrogen and oxygen atoms in total. The smallest absolute Gasteiger partial charge is 0.223 e. The second-order valence-electron chi connectivity index (χ2n) is 5.65. The Kier molecular flexibility index (Phi) is 4.58. The Bertz CT molecular complexity index is 754. The first-order chi connectivity index (χ1) is 11.0. The van der Waals surface area contributed by atoms with E-state index in [2.05, 4.69) is 30.6 Å². The van der Waals surface area contributed by atoms with Crippen molar-refractivity contribution >= 4 is 15.8 Å². The van der Waals surface area contributed by atoms with Gasteiger partial charge in [-0.05, 0) is 19.4 Å². The van der Waals surface area contributed by atoms with Crippen LogP contribution in [0.1, 0.15) is 30.3 Å². The van der Waals surface area contributed by atoms with E-state index in [0.29, 0.717) is 18.2 Å². The van der Waals surface area contributed by atoms with E-state index < -0.39 is 9.84 Å². The van der Waals surface area contributed by atoms with Crippen molar-refractivity contribution in [2.45, 2.75) is 30.2 Å². The molecule has 1 saturated heterocycles. The standard InChI is InChI=1S/C14H20N6O2S/c1-23(21,22)11-8-18-14(19-9-12-16-5-6-17-12)20-13(11)10-3-2-4-15-7-10/h5-6,8,10,15H,2-4,7,9H2,1H3,(H,16,17)(H,18,19,20)/t10-/m1/s1. The van der Waals surface area contributed by atoms with Gasteiger partial charge in [-0.3, -0.25) is 0 Å². The summed E-state index contributed by atoms with van der Waals surface area (Å²) in [6.45, 7) is 2.14. The molecule has 2 aromatic heterocycles. The molecule has 0 unspecified atom stereocenters. The highest BCUT2D eigenvalue weighted by Gasteiger charge is 2.25. The molecule has 0 radical (unpaired) electrons. The van der Waals surface area contributed by atoms with Crippen molar-refractivity contribution in [1.29, 1.82) is 0 Å². The molecular formula is C14H20N6O2S. The molecule has 1 aliphatic rings. The highest BCUT2D eigenvalue weighted by molar-refractivity contribution is 7.90. The maximum Gasteiger partial charge on any atom is 0.223 e. The largest absolute Gasteiger partial charge is 0.347 e. The van der Waals surface area contributed by atoms with Crippen molar-refractivity contribution in [3.63, 3.8) is 0 Å². The fraction of sp³-hybridized carbons (Fsp3) is 0.500. The van der Waals surface area contributed by atoms with Crippen LogP contribution >= 0.6 is 0 Å². The molecule has 124 valence electrons. The van der Waals surface area contributed by atoms with Crippen LogP contribution in [0.3, 0.4) is 0 Å². The summed E-state index contributed by atoms with van der Waals surface area (Å²) in [7, 11) is -3.36. The Hall–Kier alpha value is -2.00. The fourth-order valence-electron chi connectivity index (χ4n) is 2.69. The number of hydrogen-bond acceptors (Lipinski definition) is 7. The van der Waals surface area contributed by atoms with Crippen molar-refractivity contribution in [3.8, 4) is 0 Å². The third-order valence-electron chi connectivity index (χ3n) is 3.83. The second-order valence-corrected chi connectivity index (χ2v) is 7.63. The lowest BCUT2D eigenvalue weighted by Crippen LogP contribution is -2.30. The predicted molar refractivity (Wildman–Crippen MR) is 85.9 cm³/mol. The third-order valence-corrected chi connectivity index (χ3v) is 4.95. The van der Waals surface area contributed by atoms with Gasteiger partial charge >= 0.3 is 0 Å². The minimum Gasteiger partial charge on any atom is -0.347 e. The van der Waals surface area contributed by atoms with E-state index >= 15 is 0 Å². The molecule has 23 heavy (non-hydrogen) atoms. The zero-order valence-corrected chi connectivity index (χ0v) is 13.7. The Morgan fingerprint density at radius 3 is 2.91 bits per heavy atom. The average molecular weight is 336 g/mol. The quantitative estimate of drug-likeness (QED) is 0.736. The lowest BCUT2D eigenvalue weighted by molar-refractivity contribution is 0.448. The number of aromatic amines is 1. The Labute approximate surface area is 135 Å². The summed E-state index contributed by atoms with van der Waals surface area (Å²) >= 11 is 0. The van der Waals surface area contributed by atoms with Crippen LogP contribution in [-0.4, -0.2) is 47.7 Å². The van der Waals surface area contributed by atoms with Gasteiger partial charge in [-0.2, -0.15) is 0 Å². The average Bonchev–Trinajstić information content (AvgIpc) is 3.06. The van der Waals surface area contributed by atoms with Crippen LogP contribution in [0.25, 0.3) is 0 Å². The number of hydrogen-bond donors (Lipinski definition) is 3. The minimum atomic E-state index is -3.36. The van der Waals surface area contributed by atoms with Crippen molar-refractivity contribution < 1.29 is 8.42 Å². The first-order valence-electron chi connectivity index (χ1n) is 7.54. The molecule has 9 heteroatoms. The van der Waals surface area contributed by atoms with Crippen LogP contribution in [0.15, 0.2) is 23.5 Å². The lowest BCUT2D eigenvalue weighted by atomic mass is 9.96. The Morgan fingerprint density at radius 2 is 2.26 bits per heavy atom. The second kappa shape index (κ2) is 6.63. The number of sulfone groups is 1. The van der Waals surface area contributed by atoms with Gasteiger partial charge in [0.1, 0.15) is 10.7 Å². The predicted octanol–water partition coefficient (Wildman–Crippen LogP) is 0.682. The summed E-state index contributed by atoms with van der Waals surface area (Å²) in [6.07, 6.45) is 7.93. The maximum atomic E-state index is 12.0. The molecule has 3 heterocycles. The summed E-state index contributed by atoms with van der Waals surface area (Å²) < 4.78 is 24.0. The van der Waals surface area contributed by atoms with Gasteiger partial charge in [-0.25, -0.2) is 23.4 Å². The summed E-state index contributed by atoms with van der Waals surface area (Å²) in [5, 5.41) is 6.37. The molecule has 2 aromatic rings. The summed E-state index contributed by atoms with van der Waals surface area (Å²) in [5.41, 5.74) is 0.594. The van der Waals surface area contributed by atoms with Gasteiger partial charge in [-0.1, -0.05) is 0 Å². The summed E-state index contributed by atoms with van der Waals surface area (Å²) in [5.74, 6) is 1.26. The Balaban J connectivity index is 1.87. The molecular weight excluding hydrogens is 316 g/mol. The van der Waals surface area contributed by atoms with Crippen molar-refractivity contribution in [2.24, 2.45) is 0 Å². The third kappa shape index (κ3) is 3.85. The van der Waals surface area contributed by atoms with Gasteiger partial charge < -0.3 is 15.6 Å². The van der Waals surface area contributed by atoms with Gasteiger partial charge in [0.15, 0.2) is 9.84 Å². The molecule has 0 saturated carbocycles. The summed E-state index contributed by atoms with van der Waals surface area (Å²) in [4.78, 5) is 15.9. The van der Waals surface area contributed by atoms with E-state index in [1.807, 2.05) is 0 Å². The van der Waals surface area contributed by atoms with Crippen LogP contribution in [0.5, 0.6) is 0 Å². The SMILES string of the molecule is CS(=O)(=O)c1cnc(NCc2ncc[nH]2)nc1[C@@H]1CCCNC1. The molecule has 1 atom stereocenters. The van der Waals surface area contributed by atoms with E-state index in [1.54, 1.807) is 12.4 Å². The monoisotopic (exact) mass is 336 g/mol. The van der Waals surface area contributed by atoms with Crippen molar-refractivity contribution in [1.82, 2.24) is 25.3 Å². The van der Waals surface area contributed by atoms with Crippen molar-refractivity contribution in [3.05, 3.63) is 30.1 Å². The molecule has 0 aliphatic carbocycles. The Morgan fingerprint density at radius 1 is 1.39 bits per heavy atom. The van der Waals surface area contributed by atoms with Crippen LogP contribution in [0, 0.1) is 0 Å². The van der Waals surface area contributed by atoms with Gasteiger partial charge in [-0.15, -0.1) is 0 Å². The van der Waals surface area contributed by atoms with Gasteiger partial charge in [0.25, 0.3) is 0 Å². The number of imidazole rings is 1. The first kappa shape index (κ1) is 15.9. The highest BCUT2D eigenvalue weighted by atomic mass is 32.2. The molecule has 1 aliphatic heterocycles. The molecule has 1 fully saturated rings. The minimum absolute atomic E-state index is 0.0839. The maximum absolute atomic E-state index is 12.0. The fourth-order valence-corrected chi connectivity index (χ4v) is 3.53.